The van der Waals surface area contributed by atoms with Crippen LogP contribution in [0.15, 0.2) is 54.6 Å². The number of rotatable bonds is 10. The molecule has 0 saturated carbocycles. The number of benzene rings is 2. The molecule has 7 nitrogen and oxygen atoms in total. The number of likely N-dealkylation sites (N-methyl/N-ethyl adjacent to an activating group) is 1. The quantitative estimate of drug-likeness (QED) is 0.414. The van der Waals surface area contributed by atoms with Gasteiger partial charge in [-0.2, -0.15) is 0 Å². The van der Waals surface area contributed by atoms with E-state index in [1.54, 1.807) is 31.4 Å². The Balaban J connectivity index is 1.40. The van der Waals surface area contributed by atoms with Crippen LogP contribution in [-0.4, -0.2) is 57.7 Å². The fourth-order valence-electron chi connectivity index (χ4n) is 4.02. The van der Waals surface area contributed by atoms with Crippen molar-refractivity contribution in [2.24, 2.45) is 0 Å². The lowest BCUT2D eigenvalue weighted by atomic mass is 10.2. The van der Waals surface area contributed by atoms with E-state index >= 15 is 0 Å². The van der Waals surface area contributed by atoms with Gasteiger partial charge in [-0.25, -0.2) is 0 Å². The van der Waals surface area contributed by atoms with Crippen molar-refractivity contribution < 1.29 is 24.1 Å². The number of hydrogen-bond acceptors (Lipinski definition) is 3. The molecule has 2 aromatic rings. The lowest BCUT2D eigenvalue weighted by Crippen LogP contribution is -3.14. The number of carbonyl (C=O) groups excluding carboxylic acids is 2. The zero-order valence-electron chi connectivity index (χ0n) is 18.4. The number of amides is 2. The third-order valence-corrected chi connectivity index (χ3v) is 5.74. The number of ether oxygens (including phenoxy) is 1. The van der Waals surface area contributed by atoms with E-state index in [4.69, 9.17) is 4.74 Å². The first-order valence-corrected chi connectivity index (χ1v) is 11.0. The van der Waals surface area contributed by atoms with E-state index in [1.807, 2.05) is 13.0 Å². The molecule has 0 bridgehead atoms. The van der Waals surface area contributed by atoms with Crippen LogP contribution >= 0.6 is 0 Å². The molecule has 2 amide bonds. The minimum atomic E-state index is -0.103. The van der Waals surface area contributed by atoms with Crippen molar-refractivity contribution in [1.29, 1.82) is 0 Å². The number of hydrogen-bond donors (Lipinski definition) is 4. The van der Waals surface area contributed by atoms with Crippen molar-refractivity contribution in [3.05, 3.63) is 60.2 Å². The molecular weight excluding hydrogens is 392 g/mol. The molecule has 0 aliphatic carbocycles. The number of anilines is 1. The highest BCUT2D eigenvalue weighted by molar-refractivity contribution is 5.91. The highest BCUT2D eigenvalue weighted by Gasteiger charge is 2.28. The maximum atomic E-state index is 12.6. The first-order chi connectivity index (χ1) is 15.1. The van der Waals surface area contributed by atoms with Gasteiger partial charge in [0.25, 0.3) is 11.8 Å². The third kappa shape index (κ3) is 7.38. The van der Waals surface area contributed by atoms with Gasteiger partial charge in [0.1, 0.15) is 12.3 Å². The van der Waals surface area contributed by atoms with Gasteiger partial charge in [-0.1, -0.05) is 30.3 Å². The molecule has 2 aromatic carbocycles. The van der Waals surface area contributed by atoms with E-state index in [2.05, 4.69) is 34.9 Å². The zero-order valence-corrected chi connectivity index (χ0v) is 18.4. The first-order valence-electron chi connectivity index (χ1n) is 11.0. The molecule has 7 heteroatoms. The number of likely N-dealkylation sites (tertiary alicyclic amines) is 1. The van der Waals surface area contributed by atoms with Crippen molar-refractivity contribution in [2.45, 2.75) is 25.9 Å². The van der Waals surface area contributed by atoms with E-state index in [9.17, 15) is 9.59 Å². The highest BCUT2D eigenvalue weighted by atomic mass is 16.5. The van der Waals surface area contributed by atoms with E-state index < -0.39 is 0 Å². The lowest BCUT2D eigenvalue weighted by Gasteiger charge is -2.18. The van der Waals surface area contributed by atoms with Crippen LogP contribution in [0.1, 0.15) is 18.9 Å². The van der Waals surface area contributed by atoms with Crippen LogP contribution in [0.3, 0.4) is 0 Å². The summed E-state index contributed by atoms with van der Waals surface area (Å²) in [5.74, 6) is 0.654. The Kier molecular flexibility index (Phi) is 8.44. The second-order valence-electron chi connectivity index (χ2n) is 8.15. The summed E-state index contributed by atoms with van der Waals surface area (Å²) in [6, 6.07) is 17.9. The van der Waals surface area contributed by atoms with Crippen LogP contribution in [0.5, 0.6) is 5.75 Å². The Labute approximate surface area is 184 Å². The number of nitrogens with one attached hydrogen (secondary N) is 4. The fourth-order valence-corrected chi connectivity index (χ4v) is 4.02. The molecule has 1 aliphatic rings. The molecule has 3 atom stereocenters. The molecule has 1 aliphatic heterocycles. The molecule has 0 radical (unpaired) electrons. The molecule has 4 N–H and O–H groups in total. The summed E-state index contributed by atoms with van der Waals surface area (Å²) in [7, 11) is 1.61. The van der Waals surface area contributed by atoms with Crippen LogP contribution in [-0.2, 0) is 16.1 Å². The van der Waals surface area contributed by atoms with Gasteiger partial charge in [-0.3, -0.25) is 9.59 Å². The minimum Gasteiger partial charge on any atom is -0.497 e. The van der Waals surface area contributed by atoms with Gasteiger partial charge in [0.15, 0.2) is 13.1 Å². The Bertz CT molecular complexity index is 842. The molecule has 3 rings (SSSR count). The van der Waals surface area contributed by atoms with Crippen LogP contribution < -0.4 is 25.2 Å². The predicted octanol–water partition coefficient (Wildman–Crippen LogP) is -0.488. The monoisotopic (exact) mass is 426 g/mol. The Hall–Kier alpha value is -2.90. The second-order valence-corrected chi connectivity index (χ2v) is 8.15. The molecule has 1 saturated heterocycles. The van der Waals surface area contributed by atoms with Crippen molar-refractivity contribution in [1.82, 2.24) is 5.32 Å². The van der Waals surface area contributed by atoms with Crippen LogP contribution in [0.2, 0.25) is 0 Å². The standard InChI is InChI=1S/C24H32N4O3/c1-3-27(17-23(29)25-20-9-11-22(31-2)12-10-20)18-24(30)26-21-13-14-28(16-21)15-19-7-5-4-6-8-19/h4-12,21H,3,13-18H2,1-2H3,(H,25,29)(H,26,30)/p+2/t21-/m0/s1. The fraction of sp³-hybridized carbons (Fsp3) is 0.417. The number of quaternary nitrogens is 2. The highest BCUT2D eigenvalue weighted by Crippen LogP contribution is 2.14. The van der Waals surface area contributed by atoms with E-state index in [0.717, 1.165) is 42.4 Å². The maximum absolute atomic E-state index is 12.6. The predicted molar refractivity (Wildman–Crippen MR) is 120 cm³/mol. The average Bonchev–Trinajstić information content (AvgIpc) is 3.20. The number of carbonyl (C=O) groups is 2. The van der Waals surface area contributed by atoms with Crippen LogP contribution in [0.4, 0.5) is 5.69 Å². The summed E-state index contributed by atoms with van der Waals surface area (Å²) < 4.78 is 5.13. The second kappa shape index (κ2) is 11.5. The van der Waals surface area contributed by atoms with Crippen molar-refractivity contribution >= 4 is 17.5 Å². The summed E-state index contributed by atoms with van der Waals surface area (Å²) in [5.41, 5.74) is 2.05. The van der Waals surface area contributed by atoms with Crippen LogP contribution in [0.25, 0.3) is 0 Å². The summed E-state index contributed by atoms with van der Waals surface area (Å²) in [6.45, 7) is 6.26. The van der Waals surface area contributed by atoms with Crippen molar-refractivity contribution in [3.8, 4) is 5.75 Å². The molecule has 2 unspecified atom stereocenters. The molecule has 166 valence electrons. The van der Waals surface area contributed by atoms with Gasteiger partial charge in [-0.15, -0.1) is 0 Å². The van der Waals surface area contributed by atoms with E-state index in [0.29, 0.717) is 13.1 Å². The smallest absolute Gasteiger partial charge is 0.279 e. The lowest BCUT2D eigenvalue weighted by molar-refractivity contribution is -0.901. The summed E-state index contributed by atoms with van der Waals surface area (Å²) in [4.78, 5) is 27.4. The summed E-state index contributed by atoms with van der Waals surface area (Å²) in [6.07, 6.45) is 0.993. The molecule has 1 heterocycles. The largest absolute Gasteiger partial charge is 0.497 e. The third-order valence-electron chi connectivity index (χ3n) is 5.74. The van der Waals surface area contributed by atoms with Gasteiger partial charge >= 0.3 is 0 Å². The van der Waals surface area contributed by atoms with Gasteiger partial charge in [-0.05, 0) is 31.2 Å². The van der Waals surface area contributed by atoms with Gasteiger partial charge in [0.05, 0.1) is 32.8 Å². The Morgan fingerprint density at radius 3 is 2.45 bits per heavy atom. The average molecular weight is 427 g/mol. The Morgan fingerprint density at radius 1 is 1.06 bits per heavy atom. The van der Waals surface area contributed by atoms with E-state index in [1.165, 1.54) is 10.5 Å². The molecular formula is C24H34N4O3+2. The van der Waals surface area contributed by atoms with Gasteiger partial charge in [0, 0.05) is 17.7 Å². The van der Waals surface area contributed by atoms with Gasteiger partial charge < -0.3 is 25.2 Å². The SMILES string of the molecule is CC[NH+](CC(=O)Nc1ccc(OC)cc1)CC(=O)N[C@H]1CC[NH+](Cc2ccccc2)C1. The zero-order chi connectivity index (χ0) is 22.1. The summed E-state index contributed by atoms with van der Waals surface area (Å²) in [5, 5.41) is 6.05. The van der Waals surface area contributed by atoms with E-state index in [-0.39, 0.29) is 24.4 Å². The van der Waals surface area contributed by atoms with Crippen molar-refractivity contribution in [2.75, 3.05) is 45.2 Å². The molecule has 0 spiro atoms. The first kappa shape index (κ1) is 22.8. The molecule has 1 fully saturated rings. The van der Waals surface area contributed by atoms with Gasteiger partial charge in [0.2, 0.25) is 0 Å². The maximum Gasteiger partial charge on any atom is 0.279 e. The topological polar surface area (TPSA) is 76.3 Å². The minimum absolute atomic E-state index is 0.0139. The molecule has 31 heavy (non-hydrogen) atoms. The normalized spacial score (nSPS) is 18.9. The molecule has 0 aromatic heterocycles. The van der Waals surface area contributed by atoms with Crippen LogP contribution in [0, 0.1) is 0 Å². The van der Waals surface area contributed by atoms with Crippen molar-refractivity contribution in [3.63, 3.8) is 0 Å². The number of methoxy groups -OCH3 is 1. The Morgan fingerprint density at radius 2 is 1.77 bits per heavy atom. The summed E-state index contributed by atoms with van der Waals surface area (Å²) >= 11 is 0.